The average molecular weight is 651 g/mol. The molecule has 48 heavy (non-hydrogen) atoms. The van der Waals surface area contributed by atoms with Gasteiger partial charge in [-0.2, -0.15) is 0 Å². The van der Waals surface area contributed by atoms with Crippen molar-refractivity contribution in [1.29, 1.82) is 0 Å². The fourth-order valence-corrected chi connectivity index (χ4v) is 10.2. The van der Waals surface area contributed by atoms with Gasteiger partial charge in [0.15, 0.2) is 0 Å². The van der Waals surface area contributed by atoms with Crippen molar-refractivity contribution in [2.45, 2.75) is 25.7 Å². The van der Waals surface area contributed by atoms with Gasteiger partial charge in [-0.15, -0.1) is 22.7 Å². The van der Waals surface area contributed by atoms with E-state index in [1.54, 1.807) is 0 Å². The highest BCUT2D eigenvalue weighted by Gasteiger charge is 2.18. The van der Waals surface area contributed by atoms with Gasteiger partial charge in [0.1, 0.15) is 0 Å². The average Bonchev–Trinajstić information content (AvgIpc) is 3.73. The minimum absolute atomic E-state index is 1.02. The third-order valence-corrected chi connectivity index (χ3v) is 12.5. The Morgan fingerprint density at radius 1 is 0.438 bits per heavy atom. The molecule has 8 aromatic rings. The molecular formula is C44H30N2S2. The Balaban J connectivity index is 0.999. The van der Waals surface area contributed by atoms with Gasteiger partial charge in [-0.3, -0.25) is 9.97 Å². The Bertz CT molecular complexity index is 2420. The van der Waals surface area contributed by atoms with Gasteiger partial charge in [-0.05, 0) is 93.8 Å². The summed E-state index contributed by atoms with van der Waals surface area (Å²) in [5.41, 5.74) is 12.1. The molecule has 4 heterocycles. The molecule has 0 N–H and O–H groups in total. The zero-order valence-corrected chi connectivity index (χ0v) is 27.9. The van der Waals surface area contributed by atoms with E-state index in [1.165, 1.54) is 74.1 Å². The van der Waals surface area contributed by atoms with Crippen molar-refractivity contribution in [3.63, 3.8) is 0 Å². The largest absolute Gasteiger partial charge is 0.256 e. The highest BCUT2D eigenvalue weighted by atomic mass is 32.1. The lowest BCUT2D eigenvalue weighted by Gasteiger charge is -2.12. The molecule has 0 fully saturated rings. The third-order valence-electron chi connectivity index (χ3n) is 9.98. The van der Waals surface area contributed by atoms with Crippen molar-refractivity contribution < 1.29 is 0 Å². The van der Waals surface area contributed by atoms with E-state index >= 15 is 0 Å². The fourth-order valence-electron chi connectivity index (χ4n) is 7.64. The molecule has 2 aliphatic rings. The van der Waals surface area contributed by atoms with Gasteiger partial charge in [0, 0.05) is 53.8 Å². The summed E-state index contributed by atoms with van der Waals surface area (Å²) >= 11 is 3.79. The van der Waals surface area contributed by atoms with Crippen molar-refractivity contribution in [1.82, 2.24) is 9.97 Å². The van der Waals surface area contributed by atoms with E-state index in [1.807, 2.05) is 35.1 Å². The van der Waals surface area contributed by atoms with Gasteiger partial charge in [0.05, 0.1) is 11.4 Å². The minimum Gasteiger partial charge on any atom is -0.256 e. The summed E-state index contributed by atoms with van der Waals surface area (Å²) < 4.78 is 2.68. The highest BCUT2D eigenvalue weighted by molar-refractivity contribution is 7.21. The predicted molar refractivity (Wildman–Crippen MR) is 207 cm³/mol. The van der Waals surface area contributed by atoms with E-state index in [2.05, 4.69) is 121 Å². The number of hydrogen-bond donors (Lipinski definition) is 0. The lowest BCUT2D eigenvalue weighted by molar-refractivity contribution is 1.01. The summed E-state index contributed by atoms with van der Waals surface area (Å²) in [4.78, 5) is 12.8. The topological polar surface area (TPSA) is 25.8 Å². The van der Waals surface area contributed by atoms with Crippen molar-refractivity contribution >= 4 is 65.8 Å². The SMILES string of the molecule is C1=Cc2sc3c(-c4ccc(-c5cccc6c(-c7ccc(-c8cccc9c%10c(sc89)C=CCC%10)nc7)cccc56)cn4)cccc3c2CC1. The van der Waals surface area contributed by atoms with Gasteiger partial charge in [-0.1, -0.05) is 97.1 Å². The van der Waals surface area contributed by atoms with Crippen LogP contribution >= 0.6 is 22.7 Å². The number of fused-ring (bicyclic) bond motifs is 7. The van der Waals surface area contributed by atoms with E-state index in [4.69, 9.17) is 9.97 Å². The Morgan fingerprint density at radius 2 is 0.875 bits per heavy atom. The first-order valence-corrected chi connectivity index (χ1v) is 18.3. The molecule has 0 saturated carbocycles. The molecule has 2 aliphatic carbocycles. The second kappa shape index (κ2) is 11.2. The van der Waals surface area contributed by atoms with Crippen LogP contribution < -0.4 is 0 Å². The number of rotatable bonds is 4. The number of aryl methyl sites for hydroxylation is 2. The molecule has 10 rings (SSSR count). The highest BCUT2D eigenvalue weighted by Crippen LogP contribution is 2.43. The molecule has 0 unspecified atom stereocenters. The second-order valence-corrected chi connectivity index (χ2v) is 14.8. The lowest BCUT2D eigenvalue weighted by Crippen LogP contribution is -1.90. The molecule has 4 aromatic heterocycles. The number of pyridine rings is 2. The van der Waals surface area contributed by atoms with Crippen LogP contribution in [0.2, 0.25) is 0 Å². The van der Waals surface area contributed by atoms with E-state index < -0.39 is 0 Å². The van der Waals surface area contributed by atoms with E-state index in [9.17, 15) is 0 Å². The molecule has 2 nitrogen and oxygen atoms in total. The molecule has 228 valence electrons. The summed E-state index contributed by atoms with van der Waals surface area (Å²) in [6.07, 6.45) is 17.7. The molecule has 0 amide bonds. The van der Waals surface area contributed by atoms with E-state index in [0.717, 1.165) is 48.2 Å². The summed E-state index contributed by atoms with van der Waals surface area (Å²) in [5, 5.41) is 5.20. The molecule has 0 aliphatic heterocycles. The van der Waals surface area contributed by atoms with Crippen LogP contribution in [0.15, 0.2) is 122 Å². The first kappa shape index (κ1) is 27.9. The van der Waals surface area contributed by atoms with Crippen molar-refractivity contribution in [2.75, 3.05) is 0 Å². The van der Waals surface area contributed by atoms with Crippen LogP contribution in [0.1, 0.15) is 33.7 Å². The second-order valence-electron chi connectivity index (χ2n) is 12.7. The molecule has 4 heteroatoms. The summed E-state index contributed by atoms with van der Waals surface area (Å²) in [6, 6.07) is 35.3. The standard InChI is InChI=1S/C44H30N2S2/c1-3-19-41-33(9-1)35-15-7-17-37(43(35)47-41)39-23-21-27(25-45-39)29-11-5-14-32-30(12-6-13-31(29)32)28-22-24-40(46-26-28)38-18-8-16-36-34-10-2-4-20-42(34)48-44(36)38/h3-8,11-26H,1-2,9-10H2. The molecular weight excluding hydrogens is 621 g/mol. The molecule has 0 saturated heterocycles. The monoisotopic (exact) mass is 650 g/mol. The number of benzene rings is 4. The maximum Gasteiger partial charge on any atom is 0.0716 e. The van der Waals surface area contributed by atoms with Crippen LogP contribution in [0.25, 0.3) is 87.9 Å². The van der Waals surface area contributed by atoms with Crippen LogP contribution in [0.4, 0.5) is 0 Å². The first-order chi connectivity index (χ1) is 23.8. The summed E-state index contributed by atoms with van der Waals surface area (Å²) in [6.45, 7) is 0. The number of allylic oxidation sites excluding steroid dienone is 2. The Morgan fingerprint density at radius 3 is 1.31 bits per heavy atom. The summed E-state index contributed by atoms with van der Waals surface area (Å²) in [7, 11) is 0. The third kappa shape index (κ3) is 4.44. The van der Waals surface area contributed by atoms with Crippen molar-refractivity contribution in [3.8, 4) is 44.8 Å². The van der Waals surface area contributed by atoms with E-state index in [-0.39, 0.29) is 0 Å². The van der Waals surface area contributed by atoms with Gasteiger partial charge in [-0.25, -0.2) is 0 Å². The maximum absolute atomic E-state index is 5.03. The molecule has 0 spiro atoms. The van der Waals surface area contributed by atoms with Gasteiger partial charge in [0.2, 0.25) is 0 Å². The minimum atomic E-state index is 1.02. The number of aromatic nitrogens is 2. The Kier molecular flexibility index (Phi) is 6.53. The fraction of sp³-hybridized carbons (Fsp3) is 0.0909. The lowest BCUT2D eigenvalue weighted by atomic mass is 9.93. The molecule has 0 atom stereocenters. The van der Waals surface area contributed by atoms with Crippen LogP contribution in [0.5, 0.6) is 0 Å². The number of thiophene rings is 2. The zero-order valence-electron chi connectivity index (χ0n) is 26.2. The Labute approximate surface area is 287 Å². The molecule has 4 aromatic carbocycles. The smallest absolute Gasteiger partial charge is 0.0716 e. The van der Waals surface area contributed by atoms with Crippen LogP contribution in [-0.2, 0) is 12.8 Å². The van der Waals surface area contributed by atoms with Crippen LogP contribution in [0.3, 0.4) is 0 Å². The first-order valence-electron chi connectivity index (χ1n) is 16.7. The van der Waals surface area contributed by atoms with Gasteiger partial charge in [0.25, 0.3) is 0 Å². The number of nitrogens with zero attached hydrogens (tertiary/aromatic N) is 2. The molecule has 0 bridgehead atoms. The molecule has 0 radical (unpaired) electrons. The predicted octanol–water partition coefficient (Wildman–Crippen LogP) is 12.6. The summed E-state index contributed by atoms with van der Waals surface area (Å²) in [5.74, 6) is 0. The number of hydrogen-bond acceptors (Lipinski definition) is 4. The van der Waals surface area contributed by atoms with Crippen LogP contribution in [0, 0.1) is 0 Å². The van der Waals surface area contributed by atoms with Gasteiger partial charge < -0.3 is 0 Å². The van der Waals surface area contributed by atoms with E-state index in [0.29, 0.717) is 0 Å². The quantitative estimate of drug-likeness (QED) is 0.189. The van der Waals surface area contributed by atoms with Crippen molar-refractivity contribution in [2.24, 2.45) is 0 Å². The normalized spacial score (nSPS) is 13.8. The van der Waals surface area contributed by atoms with Gasteiger partial charge >= 0.3 is 0 Å². The van der Waals surface area contributed by atoms with Crippen LogP contribution in [-0.4, -0.2) is 9.97 Å². The Hall–Kier alpha value is -5.16. The maximum atomic E-state index is 5.03. The zero-order chi connectivity index (χ0) is 31.6. The van der Waals surface area contributed by atoms with Crippen molar-refractivity contribution in [3.05, 3.63) is 142 Å².